The van der Waals surface area contributed by atoms with Crippen molar-refractivity contribution in [1.29, 1.82) is 0 Å². The van der Waals surface area contributed by atoms with E-state index in [9.17, 15) is 0 Å². The fraction of sp³-hybridized carbons (Fsp3) is 0.684. The Balaban J connectivity index is 1.94. The molecule has 2 rings (SSSR count). The number of benzene rings is 1. The molecule has 0 aromatic heterocycles. The summed E-state index contributed by atoms with van der Waals surface area (Å²) in [5.41, 5.74) is 9.15. The van der Waals surface area contributed by atoms with Crippen LogP contribution in [0, 0.1) is 5.92 Å². The molecule has 1 saturated heterocycles. The average Bonchev–Trinajstić information content (AvgIpc) is 2.64. The van der Waals surface area contributed by atoms with Crippen molar-refractivity contribution in [1.82, 2.24) is 4.90 Å². The summed E-state index contributed by atoms with van der Waals surface area (Å²) in [4.78, 5) is 2.58. The second kappa shape index (κ2) is 7.95. The zero-order valence-corrected chi connectivity index (χ0v) is 14.0. The monoisotopic (exact) mass is 288 g/mol. The van der Waals surface area contributed by atoms with Gasteiger partial charge in [0.15, 0.2) is 0 Å². The molecule has 2 heteroatoms. The smallest absolute Gasteiger partial charge is 0.0424 e. The Bertz CT molecular complexity index is 410. The van der Waals surface area contributed by atoms with Crippen molar-refractivity contribution in [3.05, 3.63) is 35.4 Å². The maximum Gasteiger partial charge on any atom is 0.0424 e. The van der Waals surface area contributed by atoms with Gasteiger partial charge < -0.3 is 5.73 Å². The number of likely N-dealkylation sites (tertiary alicyclic amines) is 1. The third kappa shape index (κ3) is 5.12. The summed E-state index contributed by atoms with van der Waals surface area (Å²) in [5.74, 6) is 0.711. The summed E-state index contributed by atoms with van der Waals surface area (Å²) < 4.78 is 0. The third-order valence-electron chi connectivity index (χ3n) is 4.67. The molecule has 2 N–H and O–H groups in total. The van der Waals surface area contributed by atoms with Gasteiger partial charge in [0, 0.05) is 18.6 Å². The molecule has 1 aliphatic rings. The van der Waals surface area contributed by atoms with Gasteiger partial charge in [-0.2, -0.15) is 0 Å². The molecule has 1 aromatic rings. The molecule has 1 fully saturated rings. The summed E-state index contributed by atoms with van der Waals surface area (Å²) in [6, 6.07) is 9.77. The first-order valence-electron chi connectivity index (χ1n) is 8.64. The molecule has 2 atom stereocenters. The number of hydrogen-bond donors (Lipinski definition) is 1. The number of hydrogen-bond acceptors (Lipinski definition) is 2. The first-order valence-corrected chi connectivity index (χ1v) is 8.64. The summed E-state index contributed by atoms with van der Waals surface area (Å²) in [6.45, 7) is 9.08. The van der Waals surface area contributed by atoms with Crippen molar-refractivity contribution in [2.45, 2.75) is 65.0 Å². The van der Waals surface area contributed by atoms with Crippen LogP contribution < -0.4 is 5.73 Å². The standard InChI is InChI=1S/C19H32N2/c1-15(2)13-17-8-10-18(11-9-17)19(20)14-21-12-6-4-5-7-16(21)3/h8-11,15-16,19H,4-7,12-14,20H2,1-3H3. The summed E-state index contributed by atoms with van der Waals surface area (Å²) in [5, 5.41) is 0. The lowest BCUT2D eigenvalue weighted by molar-refractivity contribution is 0.201. The van der Waals surface area contributed by atoms with Gasteiger partial charge in [0.05, 0.1) is 0 Å². The Morgan fingerprint density at radius 2 is 1.86 bits per heavy atom. The molecule has 0 spiro atoms. The van der Waals surface area contributed by atoms with Crippen LogP contribution in [0.3, 0.4) is 0 Å². The molecule has 1 aromatic carbocycles. The Morgan fingerprint density at radius 3 is 2.52 bits per heavy atom. The summed E-state index contributed by atoms with van der Waals surface area (Å²) >= 11 is 0. The molecule has 0 amide bonds. The van der Waals surface area contributed by atoms with Gasteiger partial charge in [-0.15, -0.1) is 0 Å². The molecular weight excluding hydrogens is 256 g/mol. The van der Waals surface area contributed by atoms with Crippen LogP contribution in [0.1, 0.15) is 63.6 Å². The van der Waals surface area contributed by atoms with Crippen molar-refractivity contribution in [2.24, 2.45) is 11.7 Å². The van der Waals surface area contributed by atoms with Crippen LogP contribution in [0.2, 0.25) is 0 Å². The van der Waals surface area contributed by atoms with Crippen LogP contribution in [0.4, 0.5) is 0 Å². The van der Waals surface area contributed by atoms with Gasteiger partial charge in [-0.1, -0.05) is 51.0 Å². The maximum absolute atomic E-state index is 6.45. The van der Waals surface area contributed by atoms with Crippen molar-refractivity contribution in [3.8, 4) is 0 Å². The van der Waals surface area contributed by atoms with E-state index in [2.05, 4.69) is 49.9 Å². The van der Waals surface area contributed by atoms with Crippen LogP contribution in [0.25, 0.3) is 0 Å². The van der Waals surface area contributed by atoms with Gasteiger partial charge in [0.2, 0.25) is 0 Å². The molecule has 21 heavy (non-hydrogen) atoms. The number of nitrogens with zero attached hydrogens (tertiary/aromatic N) is 1. The van der Waals surface area contributed by atoms with Crippen molar-refractivity contribution in [2.75, 3.05) is 13.1 Å². The quantitative estimate of drug-likeness (QED) is 0.882. The van der Waals surface area contributed by atoms with Crippen molar-refractivity contribution < 1.29 is 0 Å². The zero-order valence-electron chi connectivity index (χ0n) is 14.0. The molecule has 2 nitrogen and oxygen atoms in total. The zero-order chi connectivity index (χ0) is 15.2. The molecule has 0 radical (unpaired) electrons. The minimum Gasteiger partial charge on any atom is -0.323 e. The Hall–Kier alpha value is -0.860. The van der Waals surface area contributed by atoms with Crippen LogP contribution in [-0.2, 0) is 6.42 Å². The van der Waals surface area contributed by atoms with Crippen molar-refractivity contribution in [3.63, 3.8) is 0 Å². The van der Waals surface area contributed by atoms with Crippen LogP contribution in [0.15, 0.2) is 24.3 Å². The van der Waals surface area contributed by atoms with Gasteiger partial charge in [-0.3, -0.25) is 4.90 Å². The fourth-order valence-corrected chi connectivity index (χ4v) is 3.34. The van der Waals surface area contributed by atoms with E-state index in [0.29, 0.717) is 12.0 Å². The minimum absolute atomic E-state index is 0.138. The highest BCUT2D eigenvalue weighted by molar-refractivity contribution is 5.25. The predicted octanol–water partition coefficient (Wildman–Crippen LogP) is 4.15. The van der Waals surface area contributed by atoms with E-state index in [1.165, 1.54) is 43.4 Å². The van der Waals surface area contributed by atoms with Gasteiger partial charge in [-0.05, 0) is 49.8 Å². The summed E-state index contributed by atoms with van der Waals surface area (Å²) in [7, 11) is 0. The molecule has 118 valence electrons. The molecule has 0 aliphatic carbocycles. The maximum atomic E-state index is 6.45. The minimum atomic E-state index is 0.138. The largest absolute Gasteiger partial charge is 0.323 e. The van der Waals surface area contributed by atoms with Gasteiger partial charge in [0.25, 0.3) is 0 Å². The number of nitrogens with two attached hydrogens (primary N) is 1. The summed E-state index contributed by atoms with van der Waals surface area (Å²) in [6.07, 6.45) is 6.54. The average molecular weight is 288 g/mol. The van der Waals surface area contributed by atoms with E-state index in [0.717, 1.165) is 13.0 Å². The molecule has 0 saturated carbocycles. The highest BCUT2D eigenvalue weighted by Gasteiger charge is 2.19. The lowest BCUT2D eigenvalue weighted by Gasteiger charge is -2.29. The van der Waals surface area contributed by atoms with E-state index in [1.54, 1.807) is 0 Å². The first kappa shape index (κ1) is 16.5. The molecule has 1 aliphatic heterocycles. The fourth-order valence-electron chi connectivity index (χ4n) is 3.34. The SMILES string of the molecule is CC(C)Cc1ccc(C(N)CN2CCCCCC2C)cc1. The highest BCUT2D eigenvalue weighted by atomic mass is 15.2. The lowest BCUT2D eigenvalue weighted by Crippen LogP contribution is -2.38. The lowest BCUT2D eigenvalue weighted by atomic mass is 9.99. The van der Waals surface area contributed by atoms with Crippen LogP contribution >= 0.6 is 0 Å². The van der Waals surface area contributed by atoms with E-state index in [1.807, 2.05) is 0 Å². The van der Waals surface area contributed by atoms with Crippen LogP contribution in [-0.4, -0.2) is 24.0 Å². The Kier molecular flexibility index (Phi) is 6.25. The van der Waals surface area contributed by atoms with Gasteiger partial charge in [-0.25, -0.2) is 0 Å². The Morgan fingerprint density at radius 1 is 1.14 bits per heavy atom. The van der Waals surface area contributed by atoms with Crippen molar-refractivity contribution >= 4 is 0 Å². The second-order valence-corrected chi connectivity index (χ2v) is 7.14. The topological polar surface area (TPSA) is 29.3 Å². The Labute approximate surface area is 130 Å². The predicted molar refractivity (Wildman–Crippen MR) is 91.4 cm³/mol. The van der Waals surface area contributed by atoms with Gasteiger partial charge in [0.1, 0.15) is 0 Å². The first-order chi connectivity index (χ1) is 10.1. The molecular formula is C19H32N2. The normalized spacial score (nSPS) is 22.2. The molecule has 0 bridgehead atoms. The highest BCUT2D eigenvalue weighted by Crippen LogP contribution is 2.20. The second-order valence-electron chi connectivity index (χ2n) is 7.14. The van der Waals surface area contributed by atoms with E-state index >= 15 is 0 Å². The van der Waals surface area contributed by atoms with Gasteiger partial charge >= 0.3 is 0 Å². The third-order valence-corrected chi connectivity index (χ3v) is 4.67. The molecule has 2 unspecified atom stereocenters. The molecule has 1 heterocycles. The number of rotatable bonds is 5. The van der Waals surface area contributed by atoms with E-state index in [-0.39, 0.29) is 6.04 Å². The van der Waals surface area contributed by atoms with Crippen LogP contribution in [0.5, 0.6) is 0 Å². The van der Waals surface area contributed by atoms with E-state index < -0.39 is 0 Å². The van der Waals surface area contributed by atoms with E-state index in [4.69, 9.17) is 5.73 Å².